The van der Waals surface area contributed by atoms with Crippen LogP contribution in [0.15, 0.2) is 32.9 Å². The summed E-state index contributed by atoms with van der Waals surface area (Å²) in [7, 11) is 0. The standard InChI is InChI=1S/C11H12FN3S2/c1-7(13)5-8-9(12)3-2-4-10(8)17-11-15-14-6-16-11/h2-4,6-7H,5,13H2,1H3. The van der Waals surface area contributed by atoms with Crippen LogP contribution in [0.4, 0.5) is 4.39 Å². The molecule has 0 bridgehead atoms. The van der Waals surface area contributed by atoms with Crippen molar-refractivity contribution >= 4 is 23.1 Å². The minimum atomic E-state index is -0.211. The monoisotopic (exact) mass is 269 g/mol. The number of halogens is 1. The molecule has 17 heavy (non-hydrogen) atoms. The molecule has 0 amide bonds. The summed E-state index contributed by atoms with van der Waals surface area (Å²) >= 11 is 2.86. The van der Waals surface area contributed by atoms with Gasteiger partial charge in [-0.25, -0.2) is 4.39 Å². The molecule has 3 nitrogen and oxygen atoms in total. The fourth-order valence-corrected chi connectivity index (χ4v) is 3.05. The van der Waals surface area contributed by atoms with E-state index in [0.29, 0.717) is 12.0 Å². The predicted molar refractivity (Wildman–Crippen MR) is 67.8 cm³/mol. The van der Waals surface area contributed by atoms with Gasteiger partial charge in [0.1, 0.15) is 11.3 Å². The summed E-state index contributed by atoms with van der Waals surface area (Å²) in [4.78, 5) is 0.860. The second-order valence-corrected chi connectivity index (χ2v) is 5.83. The lowest BCUT2D eigenvalue weighted by Crippen LogP contribution is -2.19. The third kappa shape index (κ3) is 3.24. The Balaban J connectivity index is 2.29. The largest absolute Gasteiger partial charge is 0.328 e. The lowest BCUT2D eigenvalue weighted by atomic mass is 10.1. The van der Waals surface area contributed by atoms with E-state index in [1.807, 2.05) is 13.0 Å². The van der Waals surface area contributed by atoms with Crippen molar-refractivity contribution in [3.8, 4) is 0 Å². The van der Waals surface area contributed by atoms with Crippen molar-refractivity contribution in [3.05, 3.63) is 35.1 Å². The third-order valence-corrected chi connectivity index (χ3v) is 4.02. The summed E-state index contributed by atoms with van der Waals surface area (Å²) in [5, 5.41) is 7.70. The van der Waals surface area contributed by atoms with Gasteiger partial charge >= 0.3 is 0 Å². The summed E-state index contributed by atoms with van der Waals surface area (Å²) in [6.45, 7) is 1.87. The Morgan fingerprint density at radius 1 is 1.53 bits per heavy atom. The average Bonchev–Trinajstić information content (AvgIpc) is 2.75. The van der Waals surface area contributed by atoms with Crippen LogP contribution >= 0.6 is 23.1 Å². The van der Waals surface area contributed by atoms with Gasteiger partial charge in [-0.2, -0.15) is 0 Å². The van der Waals surface area contributed by atoms with Crippen LogP contribution < -0.4 is 5.73 Å². The Labute approximate surface area is 107 Å². The van der Waals surface area contributed by atoms with Gasteiger partial charge in [0.05, 0.1) is 0 Å². The first-order valence-electron chi connectivity index (χ1n) is 5.14. The third-order valence-electron chi connectivity index (χ3n) is 2.14. The first-order valence-corrected chi connectivity index (χ1v) is 6.83. The van der Waals surface area contributed by atoms with Crippen molar-refractivity contribution in [2.75, 3.05) is 0 Å². The van der Waals surface area contributed by atoms with E-state index in [4.69, 9.17) is 5.73 Å². The van der Waals surface area contributed by atoms with Gasteiger partial charge in [0.15, 0.2) is 4.34 Å². The second-order valence-electron chi connectivity index (χ2n) is 3.70. The molecule has 1 aromatic heterocycles. The molecule has 1 unspecified atom stereocenters. The van der Waals surface area contributed by atoms with E-state index in [0.717, 1.165) is 9.24 Å². The van der Waals surface area contributed by atoms with Crippen LogP contribution in [0, 0.1) is 5.82 Å². The van der Waals surface area contributed by atoms with E-state index in [2.05, 4.69) is 10.2 Å². The Morgan fingerprint density at radius 2 is 2.35 bits per heavy atom. The SMILES string of the molecule is CC(N)Cc1c(F)cccc1Sc1nncs1. The van der Waals surface area contributed by atoms with Gasteiger partial charge in [-0.05, 0) is 25.5 Å². The topological polar surface area (TPSA) is 51.8 Å². The molecular formula is C11H12FN3S2. The molecule has 0 saturated carbocycles. The fourth-order valence-electron chi connectivity index (χ4n) is 1.46. The number of nitrogens with zero attached hydrogens (tertiary/aromatic N) is 2. The van der Waals surface area contributed by atoms with Crippen molar-refractivity contribution in [1.29, 1.82) is 0 Å². The Bertz CT molecular complexity index is 485. The van der Waals surface area contributed by atoms with Gasteiger partial charge in [0, 0.05) is 16.5 Å². The van der Waals surface area contributed by atoms with Crippen LogP contribution in [0.3, 0.4) is 0 Å². The smallest absolute Gasteiger partial charge is 0.178 e. The van der Waals surface area contributed by atoms with E-state index >= 15 is 0 Å². The van der Waals surface area contributed by atoms with Gasteiger partial charge in [0.2, 0.25) is 0 Å². The first kappa shape index (κ1) is 12.5. The number of hydrogen-bond acceptors (Lipinski definition) is 5. The summed E-state index contributed by atoms with van der Waals surface area (Å²) in [6.07, 6.45) is 0.522. The van der Waals surface area contributed by atoms with Gasteiger partial charge in [0.25, 0.3) is 0 Å². The lowest BCUT2D eigenvalue weighted by Gasteiger charge is -2.11. The van der Waals surface area contributed by atoms with Crippen molar-refractivity contribution in [2.24, 2.45) is 5.73 Å². The summed E-state index contributed by atoms with van der Waals surface area (Å²) in [5.74, 6) is -0.211. The molecule has 2 N–H and O–H groups in total. The zero-order chi connectivity index (χ0) is 12.3. The zero-order valence-corrected chi connectivity index (χ0v) is 10.9. The number of hydrogen-bond donors (Lipinski definition) is 1. The lowest BCUT2D eigenvalue weighted by molar-refractivity contribution is 0.588. The normalized spacial score (nSPS) is 12.6. The maximum Gasteiger partial charge on any atom is 0.178 e. The molecule has 0 aliphatic heterocycles. The van der Waals surface area contributed by atoms with Crippen LogP contribution in [0.1, 0.15) is 12.5 Å². The van der Waals surface area contributed by atoms with Crippen molar-refractivity contribution in [3.63, 3.8) is 0 Å². The van der Waals surface area contributed by atoms with Crippen LogP contribution in [-0.2, 0) is 6.42 Å². The highest BCUT2D eigenvalue weighted by Crippen LogP contribution is 2.32. The molecule has 0 spiro atoms. The minimum Gasteiger partial charge on any atom is -0.328 e. The van der Waals surface area contributed by atoms with Gasteiger partial charge < -0.3 is 5.73 Å². The molecule has 6 heteroatoms. The molecule has 0 radical (unpaired) electrons. The molecule has 2 aromatic rings. The van der Waals surface area contributed by atoms with Crippen LogP contribution in [0.5, 0.6) is 0 Å². The Kier molecular flexibility index (Phi) is 4.09. The number of rotatable bonds is 4. The van der Waals surface area contributed by atoms with E-state index in [9.17, 15) is 4.39 Å². The fraction of sp³-hybridized carbons (Fsp3) is 0.273. The van der Waals surface area contributed by atoms with Crippen LogP contribution in [-0.4, -0.2) is 16.2 Å². The van der Waals surface area contributed by atoms with Crippen LogP contribution in [0.2, 0.25) is 0 Å². The van der Waals surface area contributed by atoms with Crippen molar-refractivity contribution < 1.29 is 4.39 Å². The molecule has 1 atom stereocenters. The summed E-state index contributed by atoms with van der Waals surface area (Å²) < 4.78 is 14.5. The first-order chi connectivity index (χ1) is 8.16. The van der Waals surface area contributed by atoms with Gasteiger partial charge in [-0.3, -0.25) is 0 Å². The molecule has 0 aliphatic carbocycles. The summed E-state index contributed by atoms with van der Waals surface area (Å²) in [6, 6.07) is 4.97. The van der Waals surface area contributed by atoms with Gasteiger partial charge in [-0.1, -0.05) is 29.2 Å². The minimum absolute atomic E-state index is 0.0688. The molecule has 0 fully saturated rings. The molecule has 90 valence electrons. The highest BCUT2D eigenvalue weighted by atomic mass is 32.2. The van der Waals surface area contributed by atoms with E-state index in [-0.39, 0.29) is 11.9 Å². The Hall–Kier alpha value is -0.980. The van der Waals surface area contributed by atoms with E-state index < -0.39 is 0 Å². The maximum atomic E-state index is 13.7. The zero-order valence-electron chi connectivity index (χ0n) is 9.26. The molecule has 0 saturated heterocycles. The number of aromatic nitrogens is 2. The molecule has 1 heterocycles. The Morgan fingerprint density at radius 3 is 3.00 bits per heavy atom. The highest BCUT2D eigenvalue weighted by molar-refractivity contribution is 8.01. The summed E-state index contributed by atoms with van der Waals surface area (Å²) in [5.41, 5.74) is 8.05. The van der Waals surface area contributed by atoms with Crippen LogP contribution in [0.25, 0.3) is 0 Å². The van der Waals surface area contributed by atoms with E-state index in [1.165, 1.54) is 29.2 Å². The van der Waals surface area contributed by atoms with Gasteiger partial charge in [-0.15, -0.1) is 10.2 Å². The predicted octanol–water partition coefficient (Wildman–Crippen LogP) is 2.72. The quantitative estimate of drug-likeness (QED) is 0.927. The highest BCUT2D eigenvalue weighted by Gasteiger charge is 2.12. The number of nitrogens with two attached hydrogens (primary N) is 1. The molecule has 2 rings (SSSR count). The van der Waals surface area contributed by atoms with Crippen molar-refractivity contribution in [1.82, 2.24) is 10.2 Å². The maximum absolute atomic E-state index is 13.7. The average molecular weight is 269 g/mol. The second kappa shape index (κ2) is 5.57. The number of benzene rings is 1. The van der Waals surface area contributed by atoms with Crippen molar-refractivity contribution in [2.45, 2.75) is 28.6 Å². The molecule has 0 aliphatic rings. The molecule has 1 aromatic carbocycles. The van der Waals surface area contributed by atoms with E-state index in [1.54, 1.807) is 11.6 Å². The molecular weight excluding hydrogens is 257 g/mol.